The van der Waals surface area contributed by atoms with Crippen molar-refractivity contribution in [3.8, 4) is 0 Å². The Morgan fingerprint density at radius 3 is 2.32 bits per heavy atom. The lowest BCUT2D eigenvalue weighted by atomic mass is 10.2. The van der Waals surface area contributed by atoms with Gasteiger partial charge in [-0.2, -0.15) is 0 Å². The van der Waals surface area contributed by atoms with Gasteiger partial charge in [-0.3, -0.25) is 19.3 Å². The number of anilines is 1. The minimum Gasteiger partial charge on any atom is -0.324 e. The van der Waals surface area contributed by atoms with Gasteiger partial charge in [0.25, 0.3) is 5.91 Å². The fourth-order valence-electron chi connectivity index (χ4n) is 2.77. The summed E-state index contributed by atoms with van der Waals surface area (Å²) in [5, 5.41) is 2.75. The molecule has 1 N–H and O–H groups in total. The fraction of sp³-hybridized carbons (Fsp3) is 0.150. The van der Waals surface area contributed by atoms with Gasteiger partial charge in [0.2, 0.25) is 11.8 Å². The number of hydrogen-bond donors (Lipinski definition) is 1. The molecule has 0 bridgehead atoms. The molecule has 2 aromatic rings. The van der Waals surface area contributed by atoms with Gasteiger partial charge in [-0.1, -0.05) is 48.5 Å². The molecule has 5 nitrogen and oxygen atoms in total. The molecule has 0 aliphatic carbocycles. The molecule has 0 radical (unpaired) electrons. The molecule has 3 rings (SSSR count). The summed E-state index contributed by atoms with van der Waals surface area (Å²) in [4.78, 5) is 38.0. The predicted octanol–water partition coefficient (Wildman–Crippen LogP) is 2.86. The quantitative estimate of drug-likeness (QED) is 0.874. The van der Waals surface area contributed by atoms with Gasteiger partial charge in [0.15, 0.2) is 0 Å². The number of benzene rings is 2. The molecule has 25 heavy (non-hydrogen) atoms. The molecule has 1 atom stereocenters. The van der Waals surface area contributed by atoms with Crippen molar-refractivity contribution >= 4 is 29.5 Å². The monoisotopic (exact) mass is 334 g/mol. The lowest BCUT2D eigenvalue weighted by Crippen LogP contribution is -2.44. The standard InChI is InChI=1S/C20H18N2O3/c23-18(13-11-15-7-3-1-4-8-15)22-17(12-14-19(22)24)20(25)21-16-9-5-2-6-10-16/h1-11,13,17H,12,14H2,(H,21,25)/b13-11+/t17-/m0/s1. The molecule has 1 aliphatic heterocycles. The van der Waals surface area contributed by atoms with E-state index in [0.29, 0.717) is 12.1 Å². The Morgan fingerprint density at radius 1 is 1.00 bits per heavy atom. The second-order valence-electron chi connectivity index (χ2n) is 5.76. The van der Waals surface area contributed by atoms with E-state index in [0.717, 1.165) is 10.5 Å². The van der Waals surface area contributed by atoms with Crippen molar-refractivity contribution < 1.29 is 14.4 Å². The average molecular weight is 334 g/mol. The van der Waals surface area contributed by atoms with Crippen LogP contribution in [-0.2, 0) is 14.4 Å². The van der Waals surface area contributed by atoms with Gasteiger partial charge in [-0.05, 0) is 30.2 Å². The summed E-state index contributed by atoms with van der Waals surface area (Å²) in [6.07, 6.45) is 3.50. The highest BCUT2D eigenvalue weighted by Crippen LogP contribution is 2.21. The van der Waals surface area contributed by atoms with Crippen LogP contribution in [-0.4, -0.2) is 28.7 Å². The third kappa shape index (κ3) is 4.01. The molecule has 126 valence electrons. The molecule has 1 saturated heterocycles. The van der Waals surface area contributed by atoms with Gasteiger partial charge >= 0.3 is 0 Å². The Bertz CT molecular complexity index is 800. The highest BCUT2D eigenvalue weighted by atomic mass is 16.2. The molecule has 3 amide bonds. The second-order valence-corrected chi connectivity index (χ2v) is 5.76. The molecule has 1 fully saturated rings. The maximum Gasteiger partial charge on any atom is 0.253 e. The molecule has 1 aliphatic rings. The van der Waals surface area contributed by atoms with E-state index in [2.05, 4.69) is 5.32 Å². The van der Waals surface area contributed by atoms with E-state index >= 15 is 0 Å². The number of carbonyl (C=O) groups is 3. The fourth-order valence-corrected chi connectivity index (χ4v) is 2.77. The molecule has 0 saturated carbocycles. The molecule has 0 aromatic heterocycles. The number of nitrogens with one attached hydrogen (secondary N) is 1. The van der Waals surface area contributed by atoms with Crippen LogP contribution in [0, 0.1) is 0 Å². The summed E-state index contributed by atoms with van der Waals surface area (Å²) in [6, 6.07) is 17.5. The van der Waals surface area contributed by atoms with Gasteiger partial charge in [0.1, 0.15) is 6.04 Å². The summed E-state index contributed by atoms with van der Waals surface area (Å²) in [5.74, 6) is -1.14. The average Bonchev–Trinajstić information content (AvgIpc) is 3.03. The Kier molecular flexibility index (Phi) is 5.04. The minimum atomic E-state index is -0.777. The van der Waals surface area contributed by atoms with Crippen LogP contribution >= 0.6 is 0 Å². The van der Waals surface area contributed by atoms with Crippen molar-refractivity contribution in [2.24, 2.45) is 0 Å². The van der Waals surface area contributed by atoms with Crippen LogP contribution in [0.5, 0.6) is 0 Å². The topological polar surface area (TPSA) is 66.5 Å². The second kappa shape index (κ2) is 7.57. The van der Waals surface area contributed by atoms with Crippen molar-refractivity contribution in [3.63, 3.8) is 0 Å². The van der Waals surface area contributed by atoms with E-state index in [4.69, 9.17) is 0 Å². The highest BCUT2D eigenvalue weighted by Gasteiger charge is 2.39. The number of nitrogens with zero attached hydrogens (tertiary/aromatic N) is 1. The van der Waals surface area contributed by atoms with Crippen LogP contribution in [0.2, 0.25) is 0 Å². The van der Waals surface area contributed by atoms with Crippen molar-refractivity contribution in [1.82, 2.24) is 4.90 Å². The first-order chi connectivity index (χ1) is 12.1. The summed E-state index contributed by atoms with van der Waals surface area (Å²) < 4.78 is 0. The molecule has 2 aromatic carbocycles. The first-order valence-electron chi connectivity index (χ1n) is 8.10. The normalized spacial score (nSPS) is 17.0. The van der Waals surface area contributed by atoms with E-state index in [1.165, 1.54) is 6.08 Å². The third-order valence-electron chi connectivity index (χ3n) is 4.01. The predicted molar refractivity (Wildman–Crippen MR) is 95.4 cm³/mol. The van der Waals surface area contributed by atoms with Crippen LogP contribution in [0.25, 0.3) is 6.08 Å². The van der Waals surface area contributed by atoms with Gasteiger partial charge in [0.05, 0.1) is 0 Å². The van der Waals surface area contributed by atoms with E-state index in [9.17, 15) is 14.4 Å². The van der Waals surface area contributed by atoms with Crippen LogP contribution in [0.4, 0.5) is 5.69 Å². The smallest absolute Gasteiger partial charge is 0.253 e. The Balaban J connectivity index is 1.72. The molecule has 1 heterocycles. The zero-order valence-electron chi connectivity index (χ0n) is 13.6. The van der Waals surface area contributed by atoms with Gasteiger partial charge in [-0.25, -0.2) is 0 Å². The van der Waals surface area contributed by atoms with Crippen LogP contribution in [0.1, 0.15) is 18.4 Å². The maximum atomic E-state index is 12.5. The summed E-state index contributed by atoms with van der Waals surface area (Å²) >= 11 is 0. The summed E-state index contributed by atoms with van der Waals surface area (Å²) in [5.41, 5.74) is 1.49. The van der Waals surface area contributed by atoms with E-state index < -0.39 is 11.9 Å². The Hall–Kier alpha value is -3.21. The molecule has 0 unspecified atom stereocenters. The number of likely N-dealkylation sites (tertiary alicyclic amines) is 1. The number of imide groups is 1. The van der Waals surface area contributed by atoms with Gasteiger partial charge in [-0.15, -0.1) is 0 Å². The third-order valence-corrected chi connectivity index (χ3v) is 4.01. The Labute approximate surface area is 146 Å². The van der Waals surface area contributed by atoms with Gasteiger partial charge in [0, 0.05) is 18.2 Å². The highest BCUT2D eigenvalue weighted by molar-refractivity contribution is 6.09. The van der Waals surface area contributed by atoms with Crippen molar-refractivity contribution in [2.45, 2.75) is 18.9 Å². The van der Waals surface area contributed by atoms with Crippen molar-refractivity contribution in [2.75, 3.05) is 5.32 Å². The van der Waals surface area contributed by atoms with Crippen molar-refractivity contribution in [1.29, 1.82) is 0 Å². The van der Waals surface area contributed by atoms with E-state index in [-0.39, 0.29) is 18.2 Å². The van der Waals surface area contributed by atoms with Crippen molar-refractivity contribution in [3.05, 3.63) is 72.3 Å². The number of rotatable bonds is 4. The zero-order valence-corrected chi connectivity index (χ0v) is 13.6. The van der Waals surface area contributed by atoms with Crippen LogP contribution in [0.3, 0.4) is 0 Å². The number of hydrogen-bond acceptors (Lipinski definition) is 3. The first kappa shape index (κ1) is 16.6. The lowest BCUT2D eigenvalue weighted by molar-refractivity contribution is -0.143. The molecular weight excluding hydrogens is 316 g/mol. The van der Waals surface area contributed by atoms with Crippen LogP contribution < -0.4 is 5.32 Å². The summed E-state index contributed by atoms with van der Waals surface area (Å²) in [7, 11) is 0. The Morgan fingerprint density at radius 2 is 1.64 bits per heavy atom. The number of carbonyl (C=O) groups excluding carboxylic acids is 3. The first-order valence-corrected chi connectivity index (χ1v) is 8.10. The van der Waals surface area contributed by atoms with E-state index in [1.807, 2.05) is 36.4 Å². The molecule has 0 spiro atoms. The van der Waals surface area contributed by atoms with Crippen LogP contribution in [0.15, 0.2) is 66.7 Å². The molecular formula is C20H18N2O3. The largest absolute Gasteiger partial charge is 0.324 e. The van der Waals surface area contributed by atoms with E-state index in [1.54, 1.807) is 30.3 Å². The summed E-state index contributed by atoms with van der Waals surface area (Å²) in [6.45, 7) is 0. The lowest BCUT2D eigenvalue weighted by Gasteiger charge is -2.21. The maximum absolute atomic E-state index is 12.5. The number of amides is 3. The number of para-hydroxylation sites is 1. The van der Waals surface area contributed by atoms with Gasteiger partial charge < -0.3 is 5.32 Å². The zero-order chi connectivity index (χ0) is 17.6. The SMILES string of the molecule is O=C(Nc1ccccc1)[C@@H]1CCC(=O)N1C(=O)/C=C/c1ccccc1. The minimum absolute atomic E-state index is 0.192. The molecule has 5 heteroatoms.